The molecular weight excluding hydrogens is 404 g/mol. The van der Waals surface area contributed by atoms with Crippen LogP contribution in [0.3, 0.4) is 0 Å². The summed E-state index contributed by atoms with van der Waals surface area (Å²) in [7, 11) is 4.87. The van der Waals surface area contributed by atoms with E-state index in [0.29, 0.717) is 29.3 Å². The Morgan fingerprint density at radius 1 is 1.16 bits per heavy atom. The number of hydrogen-bond donors (Lipinski definition) is 3. The Labute approximate surface area is 189 Å². The molecule has 0 atom stereocenters. The van der Waals surface area contributed by atoms with Crippen molar-refractivity contribution in [1.29, 1.82) is 0 Å². The largest absolute Gasteiger partial charge is 0.494 e. The topological polar surface area (TPSA) is 121 Å². The van der Waals surface area contributed by atoms with Crippen molar-refractivity contribution in [2.45, 2.75) is 20.3 Å². The molecule has 0 fully saturated rings. The molecule has 2 rings (SSSR count). The smallest absolute Gasteiger partial charge is 0.183 e. The van der Waals surface area contributed by atoms with E-state index >= 15 is 0 Å². The number of hydrogen-bond acceptors (Lipinski definition) is 8. The molecule has 0 aliphatic heterocycles. The Balaban J connectivity index is 2.44. The first-order chi connectivity index (χ1) is 15.4. The zero-order valence-electron chi connectivity index (χ0n) is 19.3. The predicted octanol–water partition coefficient (Wildman–Crippen LogP) is 3.78. The number of nitrogens with zero attached hydrogens (tertiary/aromatic N) is 3. The van der Waals surface area contributed by atoms with Crippen LogP contribution in [0.25, 0.3) is 16.6 Å². The minimum atomic E-state index is 0.262. The fraction of sp³-hybridized carbons (Fsp3) is 0.292. The number of allylic oxidation sites excluding steroid dienone is 4. The molecule has 32 heavy (non-hydrogen) atoms. The number of aromatic nitrogens is 2. The number of aliphatic imine (C=N–C) groups is 1. The van der Waals surface area contributed by atoms with Crippen LogP contribution in [0.2, 0.25) is 0 Å². The summed E-state index contributed by atoms with van der Waals surface area (Å²) in [5.74, 6) is 1.55. The van der Waals surface area contributed by atoms with Gasteiger partial charge in [0.2, 0.25) is 0 Å². The standard InChI is InChI=1S/C24H32N6O2/c1-6-7-17(9-8-16(2)27-3)14-28-24-19-12-18(20(25)10-11-22(26)32-5)13-21(31-4)23(19)29-15-30-24/h7-13,15H,6,14,25-26H2,1-5H3,(H,28,29,30)/b9-8-,17-7-,20-10-,22-11+,27-16?. The number of nitrogens with two attached hydrogens (primary N) is 2. The molecule has 1 heterocycles. The van der Waals surface area contributed by atoms with E-state index in [-0.39, 0.29) is 5.88 Å². The summed E-state index contributed by atoms with van der Waals surface area (Å²) in [6.07, 6.45) is 11.9. The maximum absolute atomic E-state index is 6.26. The first-order valence-corrected chi connectivity index (χ1v) is 10.3. The molecule has 0 amide bonds. The summed E-state index contributed by atoms with van der Waals surface area (Å²) < 4.78 is 10.5. The van der Waals surface area contributed by atoms with Crippen LogP contribution in [0, 0.1) is 0 Å². The zero-order valence-corrected chi connectivity index (χ0v) is 19.3. The molecule has 2 aromatic rings. The van der Waals surface area contributed by atoms with Gasteiger partial charge in [0.25, 0.3) is 0 Å². The summed E-state index contributed by atoms with van der Waals surface area (Å²) in [6, 6.07) is 3.76. The first-order valence-electron chi connectivity index (χ1n) is 10.3. The third-order valence-corrected chi connectivity index (χ3v) is 4.74. The lowest BCUT2D eigenvalue weighted by molar-refractivity contribution is 0.287. The maximum atomic E-state index is 6.26. The quantitative estimate of drug-likeness (QED) is 0.294. The fourth-order valence-corrected chi connectivity index (χ4v) is 2.88. The number of anilines is 1. The van der Waals surface area contributed by atoms with Crippen LogP contribution >= 0.6 is 0 Å². The van der Waals surface area contributed by atoms with Crippen LogP contribution in [0.1, 0.15) is 25.8 Å². The SMILES string of the molecule is CC/C=C(/C=C\C(C)=NC)CNc1ncnc2c(OC)cc(/C(N)=C/C=C(\N)OC)cc12. The number of ether oxygens (including phenoxy) is 2. The molecular formula is C24H32N6O2. The normalized spacial score (nSPS) is 13.7. The van der Waals surface area contributed by atoms with Crippen LogP contribution in [0.5, 0.6) is 5.75 Å². The van der Waals surface area contributed by atoms with E-state index in [0.717, 1.165) is 28.7 Å². The molecule has 0 saturated heterocycles. The van der Waals surface area contributed by atoms with Gasteiger partial charge in [-0.25, -0.2) is 9.97 Å². The average Bonchev–Trinajstić information content (AvgIpc) is 2.82. The van der Waals surface area contributed by atoms with Gasteiger partial charge in [-0.05, 0) is 49.3 Å². The lowest BCUT2D eigenvalue weighted by atomic mass is 10.1. The van der Waals surface area contributed by atoms with Crippen molar-refractivity contribution in [2.24, 2.45) is 16.5 Å². The van der Waals surface area contributed by atoms with E-state index in [1.165, 1.54) is 13.4 Å². The van der Waals surface area contributed by atoms with Crippen molar-refractivity contribution in [3.8, 4) is 5.75 Å². The van der Waals surface area contributed by atoms with Crippen LogP contribution < -0.4 is 21.5 Å². The van der Waals surface area contributed by atoms with Crippen LogP contribution in [0.4, 0.5) is 5.82 Å². The predicted molar refractivity (Wildman–Crippen MR) is 133 cm³/mol. The highest BCUT2D eigenvalue weighted by atomic mass is 16.5. The lowest BCUT2D eigenvalue weighted by Crippen LogP contribution is -2.07. The highest BCUT2D eigenvalue weighted by Gasteiger charge is 2.12. The first kappa shape index (κ1) is 24.5. The molecule has 0 unspecified atom stereocenters. The van der Waals surface area contributed by atoms with Gasteiger partial charge in [0.1, 0.15) is 23.4 Å². The maximum Gasteiger partial charge on any atom is 0.183 e. The lowest BCUT2D eigenvalue weighted by Gasteiger charge is -2.13. The Bertz CT molecular complexity index is 1080. The van der Waals surface area contributed by atoms with Crippen molar-refractivity contribution in [3.63, 3.8) is 0 Å². The minimum absolute atomic E-state index is 0.262. The van der Waals surface area contributed by atoms with E-state index in [4.69, 9.17) is 20.9 Å². The van der Waals surface area contributed by atoms with Gasteiger partial charge in [0.15, 0.2) is 5.88 Å². The number of benzene rings is 1. The van der Waals surface area contributed by atoms with Crippen LogP contribution in [-0.2, 0) is 4.74 Å². The van der Waals surface area contributed by atoms with Gasteiger partial charge in [-0.1, -0.05) is 19.1 Å². The molecule has 0 spiro atoms. The molecule has 0 radical (unpaired) electrons. The third-order valence-electron chi connectivity index (χ3n) is 4.74. The van der Waals surface area contributed by atoms with E-state index < -0.39 is 0 Å². The highest BCUT2D eigenvalue weighted by molar-refractivity contribution is 5.96. The van der Waals surface area contributed by atoms with Gasteiger partial charge in [-0.3, -0.25) is 4.99 Å². The van der Waals surface area contributed by atoms with Crippen molar-refractivity contribution < 1.29 is 9.47 Å². The highest BCUT2D eigenvalue weighted by Crippen LogP contribution is 2.31. The molecule has 5 N–H and O–H groups in total. The number of rotatable bonds is 10. The van der Waals surface area contributed by atoms with Gasteiger partial charge in [0.05, 0.1) is 14.2 Å². The monoisotopic (exact) mass is 436 g/mol. The minimum Gasteiger partial charge on any atom is -0.494 e. The van der Waals surface area contributed by atoms with Gasteiger partial charge in [-0.2, -0.15) is 0 Å². The number of nitrogens with one attached hydrogen (secondary N) is 1. The van der Waals surface area contributed by atoms with Gasteiger partial charge in [-0.15, -0.1) is 0 Å². The van der Waals surface area contributed by atoms with E-state index in [9.17, 15) is 0 Å². The summed E-state index contributed by atoms with van der Waals surface area (Å²) >= 11 is 0. The van der Waals surface area contributed by atoms with E-state index in [1.807, 2.05) is 25.1 Å². The molecule has 0 saturated carbocycles. The Morgan fingerprint density at radius 3 is 2.59 bits per heavy atom. The summed E-state index contributed by atoms with van der Waals surface area (Å²) in [6.45, 7) is 4.66. The summed E-state index contributed by atoms with van der Waals surface area (Å²) in [4.78, 5) is 13.0. The van der Waals surface area contributed by atoms with Crippen molar-refractivity contribution in [3.05, 3.63) is 65.9 Å². The Morgan fingerprint density at radius 2 is 1.94 bits per heavy atom. The molecule has 170 valence electrons. The zero-order chi connectivity index (χ0) is 23.5. The number of methoxy groups -OCH3 is 2. The van der Waals surface area contributed by atoms with Crippen LogP contribution in [-0.4, -0.2) is 43.5 Å². The second-order valence-corrected chi connectivity index (χ2v) is 6.93. The van der Waals surface area contributed by atoms with Gasteiger partial charge >= 0.3 is 0 Å². The molecule has 1 aromatic heterocycles. The molecule has 0 aliphatic rings. The Hall–Kier alpha value is -3.81. The summed E-state index contributed by atoms with van der Waals surface area (Å²) in [5.41, 5.74) is 16.0. The van der Waals surface area contributed by atoms with Crippen LogP contribution in [0.15, 0.2) is 65.3 Å². The van der Waals surface area contributed by atoms with Crippen molar-refractivity contribution in [2.75, 3.05) is 33.1 Å². The van der Waals surface area contributed by atoms with E-state index in [1.54, 1.807) is 26.3 Å². The molecule has 0 bridgehead atoms. The second-order valence-electron chi connectivity index (χ2n) is 6.93. The van der Waals surface area contributed by atoms with Crippen molar-refractivity contribution in [1.82, 2.24) is 9.97 Å². The van der Waals surface area contributed by atoms with Crippen molar-refractivity contribution >= 4 is 28.1 Å². The average molecular weight is 437 g/mol. The molecule has 8 nitrogen and oxygen atoms in total. The number of fused-ring (bicyclic) bond motifs is 1. The molecule has 0 aliphatic carbocycles. The molecule has 8 heteroatoms. The fourth-order valence-electron chi connectivity index (χ4n) is 2.88. The third kappa shape index (κ3) is 6.60. The van der Waals surface area contributed by atoms with Gasteiger partial charge < -0.3 is 26.3 Å². The van der Waals surface area contributed by atoms with Gasteiger partial charge in [0, 0.05) is 36.0 Å². The second kappa shape index (κ2) is 12.1. The molecule has 1 aromatic carbocycles. The summed E-state index contributed by atoms with van der Waals surface area (Å²) in [5, 5.41) is 4.21. The Kier molecular flexibility index (Phi) is 9.28. The van der Waals surface area contributed by atoms with E-state index in [2.05, 4.69) is 39.4 Å².